The van der Waals surface area contributed by atoms with Crippen molar-refractivity contribution in [1.29, 1.82) is 0 Å². The zero-order valence-corrected chi connectivity index (χ0v) is 16.0. The van der Waals surface area contributed by atoms with Crippen molar-refractivity contribution in [3.8, 4) is 5.69 Å². The predicted octanol–water partition coefficient (Wildman–Crippen LogP) is 2.53. The van der Waals surface area contributed by atoms with Crippen molar-refractivity contribution in [3.63, 3.8) is 0 Å². The molecule has 0 amide bonds. The number of aromatic nitrogens is 4. The van der Waals surface area contributed by atoms with Gasteiger partial charge in [0.05, 0.1) is 19.8 Å². The number of benzene rings is 1. The summed E-state index contributed by atoms with van der Waals surface area (Å²) in [6.07, 6.45) is 5.64. The molecular formula is C20H19N5O2S. The van der Waals surface area contributed by atoms with Gasteiger partial charge in [-0.1, -0.05) is 23.5 Å². The largest absolute Gasteiger partial charge is 0.378 e. The number of nitrogens with zero attached hydrogens (tertiary/aromatic N) is 5. The summed E-state index contributed by atoms with van der Waals surface area (Å²) in [6.45, 7) is 3.56. The lowest BCUT2D eigenvalue weighted by Gasteiger charge is -2.25. The van der Waals surface area contributed by atoms with E-state index in [1.54, 1.807) is 6.33 Å². The van der Waals surface area contributed by atoms with Gasteiger partial charge in [0.2, 0.25) is 0 Å². The highest BCUT2D eigenvalue weighted by Gasteiger charge is 2.18. The molecule has 1 aliphatic heterocycles. The van der Waals surface area contributed by atoms with Crippen LogP contribution in [0.2, 0.25) is 0 Å². The Morgan fingerprint density at radius 1 is 1.11 bits per heavy atom. The number of morpholine rings is 1. The molecule has 1 aliphatic rings. The lowest BCUT2D eigenvalue weighted by Crippen LogP contribution is -2.36. The standard InChI is InChI=1S/C20H19N5O2S/c26-19-17-18(22-20(28-17)24-8-10-27-11-9-24)25(14-21-19)13-15-4-3-5-16(12-15)23-6-1-2-7-23/h1-7,12,14H,8-11,13H2. The first kappa shape index (κ1) is 17.2. The fraction of sp³-hybridized carbons (Fsp3) is 0.250. The molecule has 1 fully saturated rings. The molecule has 1 saturated heterocycles. The van der Waals surface area contributed by atoms with Crippen LogP contribution in [0, 0.1) is 0 Å². The SMILES string of the molecule is O=c1ncn(Cc2cccc(-n3cccc3)c2)c2nc(N3CCOCC3)sc12. The van der Waals surface area contributed by atoms with Crippen molar-refractivity contribution >= 4 is 26.8 Å². The molecule has 0 aliphatic carbocycles. The van der Waals surface area contributed by atoms with Gasteiger partial charge in [0.25, 0.3) is 5.56 Å². The summed E-state index contributed by atoms with van der Waals surface area (Å²) in [4.78, 5) is 23.3. The van der Waals surface area contributed by atoms with Crippen molar-refractivity contribution in [2.24, 2.45) is 0 Å². The van der Waals surface area contributed by atoms with Crippen molar-refractivity contribution in [1.82, 2.24) is 19.1 Å². The fourth-order valence-electron chi connectivity index (χ4n) is 3.39. The summed E-state index contributed by atoms with van der Waals surface area (Å²) >= 11 is 1.42. The molecule has 1 aromatic carbocycles. The van der Waals surface area contributed by atoms with E-state index in [9.17, 15) is 4.79 Å². The Bertz CT molecular complexity index is 1160. The molecule has 4 aromatic rings. The molecule has 8 heteroatoms. The van der Waals surface area contributed by atoms with Gasteiger partial charge in [0.15, 0.2) is 10.8 Å². The monoisotopic (exact) mass is 393 g/mol. The molecule has 0 radical (unpaired) electrons. The van der Waals surface area contributed by atoms with Crippen LogP contribution in [0.15, 0.2) is 59.9 Å². The fourth-order valence-corrected chi connectivity index (χ4v) is 4.42. The van der Waals surface area contributed by atoms with Crippen LogP contribution in [0.5, 0.6) is 0 Å². The van der Waals surface area contributed by atoms with E-state index < -0.39 is 0 Å². The number of hydrogen-bond acceptors (Lipinski definition) is 6. The number of anilines is 1. The molecule has 5 rings (SSSR count). The third-order valence-electron chi connectivity index (χ3n) is 4.83. The van der Waals surface area contributed by atoms with E-state index in [2.05, 4.69) is 32.7 Å². The van der Waals surface area contributed by atoms with E-state index >= 15 is 0 Å². The minimum Gasteiger partial charge on any atom is -0.378 e. The Labute approximate surface area is 165 Å². The summed E-state index contributed by atoms with van der Waals surface area (Å²) < 4.78 is 10.0. The second-order valence-electron chi connectivity index (χ2n) is 6.69. The third kappa shape index (κ3) is 3.21. The molecule has 7 nitrogen and oxygen atoms in total. The quantitative estimate of drug-likeness (QED) is 0.533. The highest BCUT2D eigenvalue weighted by atomic mass is 32.1. The number of fused-ring (bicyclic) bond motifs is 1. The van der Waals surface area contributed by atoms with Gasteiger partial charge in [-0.3, -0.25) is 4.79 Å². The molecule has 0 atom stereocenters. The van der Waals surface area contributed by atoms with Gasteiger partial charge in [-0.2, -0.15) is 4.98 Å². The number of ether oxygens (including phenoxy) is 1. The second-order valence-corrected chi connectivity index (χ2v) is 7.66. The highest BCUT2D eigenvalue weighted by Crippen LogP contribution is 2.27. The minimum atomic E-state index is -0.218. The Kier molecular flexibility index (Phi) is 4.42. The van der Waals surface area contributed by atoms with Crippen molar-refractivity contribution in [2.45, 2.75) is 6.54 Å². The normalized spacial score (nSPS) is 14.6. The zero-order chi connectivity index (χ0) is 18.9. The summed E-state index contributed by atoms with van der Waals surface area (Å²) in [7, 11) is 0. The van der Waals surface area contributed by atoms with Crippen LogP contribution in [-0.2, 0) is 11.3 Å². The summed E-state index contributed by atoms with van der Waals surface area (Å²) in [5, 5.41) is 0.859. The molecule has 0 N–H and O–H groups in total. The van der Waals surface area contributed by atoms with Crippen LogP contribution in [0.4, 0.5) is 5.13 Å². The topological polar surface area (TPSA) is 65.2 Å². The van der Waals surface area contributed by atoms with Crippen molar-refractivity contribution in [2.75, 3.05) is 31.2 Å². The summed E-state index contributed by atoms with van der Waals surface area (Å²) in [6, 6.07) is 12.3. The molecule has 0 saturated carbocycles. The van der Waals surface area contributed by atoms with E-state index in [4.69, 9.17) is 9.72 Å². The van der Waals surface area contributed by atoms with E-state index in [-0.39, 0.29) is 5.56 Å². The maximum absolute atomic E-state index is 12.3. The average molecular weight is 393 g/mol. The maximum atomic E-state index is 12.3. The Hall–Kier alpha value is -2.97. The van der Waals surface area contributed by atoms with Gasteiger partial charge >= 0.3 is 0 Å². The van der Waals surface area contributed by atoms with E-state index in [0.29, 0.717) is 30.1 Å². The number of hydrogen-bond donors (Lipinski definition) is 0. The lowest BCUT2D eigenvalue weighted by atomic mass is 10.2. The molecule has 28 heavy (non-hydrogen) atoms. The van der Waals surface area contributed by atoms with Crippen LogP contribution >= 0.6 is 11.3 Å². The number of thiazole rings is 1. The highest BCUT2D eigenvalue weighted by molar-refractivity contribution is 7.22. The van der Waals surface area contributed by atoms with Crippen LogP contribution in [0.1, 0.15) is 5.56 Å². The van der Waals surface area contributed by atoms with E-state index in [1.165, 1.54) is 11.3 Å². The molecule has 142 valence electrons. The van der Waals surface area contributed by atoms with Gasteiger partial charge in [-0.15, -0.1) is 0 Å². The molecule has 0 bridgehead atoms. The smallest absolute Gasteiger partial charge is 0.292 e. The second kappa shape index (κ2) is 7.21. The summed E-state index contributed by atoms with van der Waals surface area (Å²) in [5.41, 5.74) is 2.70. The molecule has 3 aromatic heterocycles. The summed E-state index contributed by atoms with van der Waals surface area (Å²) in [5.74, 6) is 0. The zero-order valence-electron chi connectivity index (χ0n) is 15.2. The van der Waals surface area contributed by atoms with Gasteiger partial charge in [-0.05, 0) is 29.8 Å². The first-order valence-electron chi connectivity index (χ1n) is 9.19. The van der Waals surface area contributed by atoms with Crippen LogP contribution in [0.25, 0.3) is 16.0 Å². The van der Waals surface area contributed by atoms with Gasteiger partial charge < -0.3 is 18.8 Å². The Balaban J connectivity index is 1.51. The van der Waals surface area contributed by atoms with E-state index in [1.807, 2.05) is 35.2 Å². The molecule has 0 unspecified atom stereocenters. The van der Waals surface area contributed by atoms with Crippen molar-refractivity contribution < 1.29 is 4.74 Å². The molecular weight excluding hydrogens is 374 g/mol. The van der Waals surface area contributed by atoms with Crippen LogP contribution in [-0.4, -0.2) is 45.4 Å². The van der Waals surface area contributed by atoms with Crippen LogP contribution in [0.3, 0.4) is 0 Å². The van der Waals surface area contributed by atoms with Gasteiger partial charge in [0, 0.05) is 31.2 Å². The number of rotatable bonds is 4. The third-order valence-corrected chi connectivity index (χ3v) is 5.92. The first-order chi connectivity index (χ1) is 13.8. The van der Waals surface area contributed by atoms with Crippen molar-refractivity contribution in [3.05, 3.63) is 71.0 Å². The first-order valence-corrected chi connectivity index (χ1v) is 10.0. The Morgan fingerprint density at radius 2 is 1.93 bits per heavy atom. The van der Waals surface area contributed by atoms with Crippen LogP contribution < -0.4 is 10.5 Å². The molecule has 4 heterocycles. The minimum absolute atomic E-state index is 0.218. The lowest BCUT2D eigenvalue weighted by molar-refractivity contribution is 0.122. The molecule has 0 spiro atoms. The predicted molar refractivity (Wildman–Crippen MR) is 110 cm³/mol. The van der Waals surface area contributed by atoms with Gasteiger partial charge in [0.1, 0.15) is 11.0 Å². The maximum Gasteiger partial charge on any atom is 0.292 e. The van der Waals surface area contributed by atoms with E-state index in [0.717, 1.165) is 29.5 Å². The Morgan fingerprint density at radius 3 is 2.75 bits per heavy atom. The van der Waals surface area contributed by atoms with Gasteiger partial charge in [-0.25, -0.2) is 4.98 Å². The average Bonchev–Trinajstić information content (AvgIpc) is 3.42.